The molecule has 3 atom stereocenters. The summed E-state index contributed by atoms with van der Waals surface area (Å²) in [6.45, 7) is 5.17. The van der Waals surface area contributed by atoms with Crippen molar-refractivity contribution in [1.82, 2.24) is 5.32 Å². The van der Waals surface area contributed by atoms with E-state index in [2.05, 4.69) is 12.2 Å². The molecule has 78 valence electrons. The summed E-state index contributed by atoms with van der Waals surface area (Å²) >= 11 is 0. The molecule has 3 unspecified atom stereocenters. The third-order valence-corrected chi connectivity index (χ3v) is 4.16. The molecule has 1 saturated carbocycles. The molecule has 3 heteroatoms. The maximum atomic E-state index is 11.1. The first-order valence-electron chi connectivity index (χ1n) is 5.20. The van der Waals surface area contributed by atoms with Crippen molar-refractivity contribution in [3.8, 4) is 0 Å². The normalized spacial score (nSPS) is 23.9. The summed E-state index contributed by atoms with van der Waals surface area (Å²) in [5.41, 5.74) is 0. The van der Waals surface area contributed by atoms with E-state index in [4.69, 9.17) is 0 Å². The molecule has 0 aromatic carbocycles. The van der Waals surface area contributed by atoms with Crippen molar-refractivity contribution in [2.45, 2.75) is 44.4 Å². The van der Waals surface area contributed by atoms with Crippen LogP contribution in [0.1, 0.15) is 33.1 Å². The lowest BCUT2D eigenvalue weighted by Gasteiger charge is -2.18. The van der Waals surface area contributed by atoms with Crippen molar-refractivity contribution in [3.05, 3.63) is 0 Å². The lowest BCUT2D eigenvalue weighted by atomic mass is 10.1. The first kappa shape index (κ1) is 11.2. The number of nitrogens with one attached hydrogen (secondary N) is 1. The van der Waals surface area contributed by atoms with Gasteiger partial charge in [0.05, 0.1) is 0 Å². The summed E-state index contributed by atoms with van der Waals surface area (Å²) in [5, 5.41) is 3.80. The zero-order chi connectivity index (χ0) is 9.84. The van der Waals surface area contributed by atoms with Crippen LogP contribution in [0.4, 0.5) is 0 Å². The van der Waals surface area contributed by atoms with E-state index in [1.54, 1.807) is 6.26 Å². The predicted molar refractivity (Wildman–Crippen MR) is 58.3 cm³/mol. The third-order valence-electron chi connectivity index (χ3n) is 2.87. The van der Waals surface area contributed by atoms with E-state index in [9.17, 15) is 4.21 Å². The molecule has 0 aliphatic heterocycles. The molecule has 1 rings (SSSR count). The van der Waals surface area contributed by atoms with Gasteiger partial charge in [-0.3, -0.25) is 4.21 Å². The molecule has 0 amide bonds. The molecule has 0 saturated heterocycles. The van der Waals surface area contributed by atoms with Gasteiger partial charge in [-0.1, -0.05) is 6.92 Å². The smallest absolute Gasteiger partial charge is 0.0441 e. The SMILES string of the molecule is CCC(NCC(C)S(C)=O)C1CC1. The van der Waals surface area contributed by atoms with Crippen LogP contribution in [0.5, 0.6) is 0 Å². The molecule has 13 heavy (non-hydrogen) atoms. The van der Waals surface area contributed by atoms with Crippen molar-refractivity contribution in [1.29, 1.82) is 0 Å². The first-order chi connectivity index (χ1) is 6.15. The van der Waals surface area contributed by atoms with Crippen LogP contribution >= 0.6 is 0 Å². The standard InChI is InChI=1S/C10H21NOS/c1-4-10(9-5-6-9)11-7-8(2)13(3)12/h8-11H,4-7H2,1-3H3. The molecular formula is C10H21NOS. The Morgan fingerprint density at radius 2 is 2.15 bits per heavy atom. The second-order valence-corrected chi connectivity index (χ2v) is 5.87. The Hall–Kier alpha value is 0.110. The number of hydrogen-bond acceptors (Lipinski definition) is 2. The number of hydrogen-bond donors (Lipinski definition) is 1. The monoisotopic (exact) mass is 203 g/mol. The molecule has 1 N–H and O–H groups in total. The van der Waals surface area contributed by atoms with Gasteiger partial charge in [-0.25, -0.2) is 0 Å². The highest BCUT2D eigenvalue weighted by Crippen LogP contribution is 2.33. The molecule has 0 bridgehead atoms. The van der Waals surface area contributed by atoms with Gasteiger partial charge < -0.3 is 5.32 Å². The van der Waals surface area contributed by atoms with Crippen molar-refractivity contribution < 1.29 is 4.21 Å². The second-order valence-electron chi connectivity index (χ2n) is 4.07. The van der Waals surface area contributed by atoms with Gasteiger partial charge in [0, 0.05) is 34.9 Å². The maximum Gasteiger partial charge on any atom is 0.0441 e. The predicted octanol–water partition coefficient (Wildman–Crippen LogP) is 1.53. The lowest BCUT2D eigenvalue weighted by Crippen LogP contribution is -2.36. The van der Waals surface area contributed by atoms with E-state index in [1.165, 1.54) is 19.3 Å². The van der Waals surface area contributed by atoms with Crippen molar-refractivity contribution in [2.75, 3.05) is 12.8 Å². The Morgan fingerprint density at radius 1 is 1.54 bits per heavy atom. The van der Waals surface area contributed by atoms with E-state index in [1.807, 2.05) is 6.92 Å². The molecule has 1 aliphatic carbocycles. The lowest BCUT2D eigenvalue weighted by molar-refractivity contribution is 0.451. The van der Waals surface area contributed by atoms with Crippen molar-refractivity contribution in [2.24, 2.45) is 5.92 Å². The van der Waals surface area contributed by atoms with Gasteiger partial charge in [-0.15, -0.1) is 0 Å². The average Bonchev–Trinajstić information content (AvgIpc) is 2.88. The summed E-state index contributed by atoms with van der Waals surface area (Å²) in [6, 6.07) is 0.672. The zero-order valence-corrected chi connectivity index (χ0v) is 9.69. The van der Waals surface area contributed by atoms with Crippen LogP contribution < -0.4 is 5.32 Å². The molecule has 1 fully saturated rings. The van der Waals surface area contributed by atoms with Gasteiger partial charge in [0.2, 0.25) is 0 Å². The molecule has 0 aromatic rings. The van der Waals surface area contributed by atoms with E-state index in [0.29, 0.717) is 6.04 Å². The number of rotatable bonds is 6. The minimum atomic E-state index is -0.684. The quantitative estimate of drug-likeness (QED) is 0.709. The summed E-state index contributed by atoms with van der Waals surface area (Å²) in [6.07, 6.45) is 5.75. The van der Waals surface area contributed by atoms with Crippen molar-refractivity contribution in [3.63, 3.8) is 0 Å². The van der Waals surface area contributed by atoms with Crippen LogP contribution in [-0.4, -0.2) is 28.3 Å². The molecule has 1 aliphatic rings. The van der Waals surface area contributed by atoms with Crippen molar-refractivity contribution >= 4 is 10.8 Å². The minimum absolute atomic E-state index is 0.285. The fourth-order valence-electron chi connectivity index (χ4n) is 1.58. The summed E-state index contributed by atoms with van der Waals surface area (Å²) in [5.74, 6) is 0.905. The van der Waals surface area contributed by atoms with E-state index in [0.717, 1.165) is 12.5 Å². The molecule has 0 aromatic heterocycles. The highest BCUT2D eigenvalue weighted by atomic mass is 32.2. The third kappa shape index (κ3) is 3.77. The Morgan fingerprint density at radius 3 is 2.54 bits per heavy atom. The van der Waals surface area contributed by atoms with Crippen LogP contribution in [0.3, 0.4) is 0 Å². The molecular weight excluding hydrogens is 182 g/mol. The van der Waals surface area contributed by atoms with Gasteiger partial charge in [0.15, 0.2) is 0 Å². The first-order valence-corrected chi connectivity index (χ1v) is 6.82. The maximum absolute atomic E-state index is 11.1. The Labute approximate surface area is 83.9 Å². The van der Waals surface area contributed by atoms with E-state index >= 15 is 0 Å². The highest BCUT2D eigenvalue weighted by Gasteiger charge is 2.29. The molecule has 0 spiro atoms. The van der Waals surface area contributed by atoms with E-state index < -0.39 is 10.8 Å². The fourth-order valence-corrected chi connectivity index (χ4v) is 1.91. The minimum Gasteiger partial charge on any atom is -0.313 e. The summed E-state index contributed by atoms with van der Waals surface area (Å²) < 4.78 is 11.1. The van der Waals surface area contributed by atoms with Gasteiger partial charge in [-0.2, -0.15) is 0 Å². The summed E-state index contributed by atoms with van der Waals surface area (Å²) in [7, 11) is -0.684. The highest BCUT2D eigenvalue weighted by molar-refractivity contribution is 7.84. The zero-order valence-electron chi connectivity index (χ0n) is 8.88. The Balaban J connectivity index is 2.18. The van der Waals surface area contributed by atoms with E-state index in [-0.39, 0.29) is 5.25 Å². The molecule has 0 heterocycles. The van der Waals surface area contributed by atoms with Gasteiger partial charge >= 0.3 is 0 Å². The molecule has 0 radical (unpaired) electrons. The molecule has 2 nitrogen and oxygen atoms in total. The summed E-state index contributed by atoms with van der Waals surface area (Å²) in [4.78, 5) is 0. The second kappa shape index (κ2) is 5.11. The van der Waals surface area contributed by atoms with Crippen LogP contribution in [0, 0.1) is 5.92 Å². The Kier molecular flexibility index (Phi) is 4.39. The van der Waals surface area contributed by atoms with Gasteiger partial charge in [-0.05, 0) is 32.1 Å². The van der Waals surface area contributed by atoms with Gasteiger partial charge in [0.25, 0.3) is 0 Å². The largest absolute Gasteiger partial charge is 0.313 e. The van der Waals surface area contributed by atoms with Crippen LogP contribution in [0.2, 0.25) is 0 Å². The van der Waals surface area contributed by atoms with Crippen LogP contribution in [-0.2, 0) is 10.8 Å². The van der Waals surface area contributed by atoms with Crippen LogP contribution in [0.25, 0.3) is 0 Å². The Bertz CT molecular complexity index is 180. The van der Waals surface area contributed by atoms with Crippen LogP contribution in [0.15, 0.2) is 0 Å². The average molecular weight is 203 g/mol. The van der Waals surface area contributed by atoms with Gasteiger partial charge in [0.1, 0.15) is 0 Å². The fraction of sp³-hybridized carbons (Fsp3) is 1.00. The topological polar surface area (TPSA) is 29.1 Å².